The molecule has 30 heavy (non-hydrogen) atoms. The van der Waals surface area contributed by atoms with Crippen molar-refractivity contribution in [1.29, 1.82) is 0 Å². The van der Waals surface area contributed by atoms with Crippen LogP contribution in [0.25, 0.3) is 15.7 Å². The zero-order valence-corrected chi connectivity index (χ0v) is 17.1. The number of methoxy groups -OCH3 is 1. The van der Waals surface area contributed by atoms with Crippen LogP contribution in [0, 0.1) is 12.4 Å². The van der Waals surface area contributed by atoms with Gasteiger partial charge >= 0.3 is 5.69 Å². The average molecular weight is 416 g/mol. The predicted octanol–water partition coefficient (Wildman–Crippen LogP) is 0.789. The number of fused-ring (bicyclic) bond motifs is 1. The quantitative estimate of drug-likeness (QED) is 0.553. The van der Waals surface area contributed by atoms with Crippen LogP contribution in [0.3, 0.4) is 0 Å². The van der Waals surface area contributed by atoms with Gasteiger partial charge in [-0.05, 0) is 32.4 Å². The molecule has 1 saturated heterocycles. The Labute approximate surface area is 172 Å². The average Bonchev–Trinajstić information content (AvgIpc) is 3.45. The molecule has 1 atom stereocenters. The molecule has 0 amide bonds. The predicted molar refractivity (Wildman–Crippen MR) is 112 cm³/mol. The number of rotatable bonds is 6. The van der Waals surface area contributed by atoms with E-state index in [1.165, 1.54) is 11.7 Å². The first-order chi connectivity index (χ1) is 14.4. The molecule has 2 aliphatic rings. The maximum Gasteiger partial charge on any atom is 0.350 e. The summed E-state index contributed by atoms with van der Waals surface area (Å²) in [6.07, 6.45) is 2.40. The molecule has 10 heteroatoms. The third kappa shape index (κ3) is 3.19. The van der Waals surface area contributed by atoms with Crippen LogP contribution in [0.15, 0.2) is 15.7 Å². The van der Waals surface area contributed by atoms with E-state index in [4.69, 9.17) is 17.2 Å². The van der Waals surface area contributed by atoms with Crippen LogP contribution in [-0.4, -0.2) is 60.5 Å². The van der Waals surface area contributed by atoms with E-state index in [-0.39, 0.29) is 28.9 Å². The van der Waals surface area contributed by atoms with E-state index in [1.54, 1.807) is 0 Å². The Kier molecular flexibility index (Phi) is 5.15. The fourth-order valence-corrected chi connectivity index (χ4v) is 4.29. The number of ether oxygens (including phenoxy) is 1. The molecule has 0 bridgehead atoms. The molecule has 2 aromatic rings. The zero-order valence-electron chi connectivity index (χ0n) is 17.1. The second-order valence-corrected chi connectivity index (χ2v) is 7.95. The first kappa shape index (κ1) is 20.2. The Morgan fingerprint density at radius 3 is 2.73 bits per heavy atom. The van der Waals surface area contributed by atoms with Crippen LogP contribution >= 0.6 is 0 Å². The smallest absolute Gasteiger partial charge is 0.350 e. The van der Waals surface area contributed by atoms with Crippen molar-refractivity contribution in [2.45, 2.75) is 31.3 Å². The van der Waals surface area contributed by atoms with E-state index < -0.39 is 17.1 Å². The monoisotopic (exact) mass is 416 g/mol. The van der Waals surface area contributed by atoms with Crippen molar-refractivity contribution < 1.29 is 9.13 Å². The number of nitrogens with zero attached hydrogens (tertiary/aromatic N) is 5. The van der Waals surface area contributed by atoms with Crippen molar-refractivity contribution >= 4 is 16.6 Å². The third-order valence-electron chi connectivity index (χ3n) is 6.07. The van der Waals surface area contributed by atoms with Gasteiger partial charge in [0.05, 0.1) is 19.0 Å². The summed E-state index contributed by atoms with van der Waals surface area (Å²) in [6, 6.07) is 1.26. The molecule has 4 rings (SSSR count). The van der Waals surface area contributed by atoms with Crippen molar-refractivity contribution in [1.82, 2.24) is 14.1 Å². The van der Waals surface area contributed by atoms with Crippen molar-refractivity contribution in [3.8, 4) is 5.75 Å². The van der Waals surface area contributed by atoms with Crippen LogP contribution in [0.4, 0.5) is 10.1 Å². The number of nitrogens with two attached hydrogens (primary N) is 1. The van der Waals surface area contributed by atoms with E-state index in [0.29, 0.717) is 36.4 Å². The summed E-state index contributed by atoms with van der Waals surface area (Å²) >= 11 is 0. The Balaban J connectivity index is 1.84. The fraction of sp³-hybridized carbons (Fsp3) is 0.550. The molecule has 9 nitrogen and oxygen atoms in total. The van der Waals surface area contributed by atoms with Crippen LogP contribution in [-0.2, 0) is 0 Å². The second kappa shape index (κ2) is 7.65. The molecular formula is C20H25FN6O3. The Morgan fingerprint density at radius 1 is 1.37 bits per heavy atom. The van der Waals surface area contributed by atoms with Crippen molar-refractivity contribution in [2.24, 2.45) is 0 Å². The highest BCUT2D eigenvalue weighted by atomic mass is 19.1. The van der Waals surface area contributed by atoms with Crippen LogP contribution in [0.2, 0.25) is 0 Å². The minimum Gasteiger partial charge on any atom is -0.492 e. The minimum absolute atomic E-state index is 0.0343. The molecule has 1 aliphatic heterocycles. The van der Waals surface area contributed by atoms with Gasteiger partial charge in [0.2, 0.25) is 6.54 Å². The van der Waals surface area contributed by atoms with Gasteiger partial charge in [0.25, 0.3) is 5.56 Å². The molecular weight excluding hydrogens is 391 g/mol. The third-order valence-corrected chi connectivity index (χ3v) is 6.07. The lowest BCUT2D eigenvalue weighted by molar-refractivity contribution is 0.270. The summed E-state index contributed by atoms with van der Waals surface area (Å²) in [5.41, 5.74) is -0.801. The maximum absolute atomic E-state index is 15.3. The first-order valence-corrected chi connectivity index (χ1v) is 10.00. The molecule has 0 spiro atoms. The van der Waals surface area contributed by atoms with E-state index in [1.807, 2.05) is 11.9 Å². The maximum atomic E-state index is 15.3. The molecule has 1 saturated carbocycles. The number of benzene rings is 1. The van der Waals surface area contributed by atoms with Gasteiger partial charge in [-0.3, -0.25) is 14.3 Å². The summed E-state index contributed by atoms with van der Waals surface area (Å²) in [7, 11) is 3.38. The van der Waals surface area contributed by atoms with Gasteiger partial charge in [-0.15, -0.1) is 0 Å². The lowest BCUT2D eigenvalue weighted by atomic mass is 10.1. The normalized spacial score (nSPS) is 18.9. The van der Waals surface area contributed by atoms with Crippen molar-refractivity contribution in [2.75, 3.05) is 51.1 Å². The van der Waals surface area contributed by atoms with Gasteiger partial charge < -0.3 is 20.3 Å². The van der Waals surface area contributed by atoms with Gasteiger partial charge in [0, 0.05) is 25.2 Å². The minimum atomic E-state index is -0.742. The highest BCUT2D eigenvalue weighted by Crippen LogP contribution is 2.43. The number of anilines is 1. The largest absolute Gasteiger partial charge is 0.492 e. The topological polar surface area (TPSA) is 90.1 Å². The number of hydrogen-bond donors (Lipinski definition) is 1. The molecule has 1 unspecified atom stereocenters. The van der Waals surface area contributed by atoms with E-state index in [2.05, 4.69) is 9.74 Å². The summed E-state index contributed by atoms with van der Waals surface area (Å²) in [5.74, 6) is 5.29. The molecule has 0 radical (unpaired) electrons. The molecule has 2 N–H and O–H groups in total. The first-order valence-electron chi connectivity index (χ1n) is 10.00. The summed E-state index contributed by atoms with van der Waals surface area (Å²) in [4.78, 5) is 32.7. The summed E-state index contributed by atoms with van der Waals surface area (Å²) < 4.78 is 22.9. The Morgan fingerprint density at radius 2 is 2.10 bits per heavy atom. The summed E-state index contributed by atoms with van der Waals surface area (Å²) in [5, 5.41) is 0.0343. The van der Waals surface area contributed by atoms with E-state index in [0.717, 1.165) is 25.3 Å². The molecule has 2 fully saturated rings. The molecule has 1 aliphatic carbocycles. The van der Waals surface area contributed by atoms with E-state index >= 15 is 4.39 Å². The Bertz CT molecular complexity index is 1150. The SMILES string of the molecule is [C-]#[N+]CCN(C)C1CCN(c2c(F)cc3c(=O)n(N)c(=O)n(C4CC4)c3c2OC)C1. The number of aromatic nitrogens is 2. The number of nitrogen functional groups attached to an aromatic ring is 1. The van der Waals surface area contributed by atoms with Crippen molar-refractivity contribution in [3.63, 3.8) is 0 Å². The van der Waals surface area contributed by atoms with Gasteiger partial charge in [-0.2, -0.15) is 4.68 Å². The van der Waals surface area contributed by atoms with Crippen LogP contribution in [0.5, 0.6) is 5.75 Å². The van der Waals surface area contributed by atoms with Crippen molar-refractivity contribution in [3.05, 3.63) is 44.1 Å². The zero-order chi connectivity index (χ0) is 21.6. The summed E-state index contributed by atoms with van der Waals surface area (Å²) in [6.45, 7) is 9.20. The number of hydrogen-bond acceptors (Lipinski definition) is 6. The number of halogens is 1. The molecule has 2 heterocycles. The van der Waals surface area contributed by atoms with Crippen LogP contribution in [0.1, 0.15) is 25.3 Å². The molecule has 1 aromatic heterocycles. The van der Waals surface area contributed by atoms with Gasteiger partial charge in [-0.1, -0.05) is 0 Å². The highest BCUT2D eigenvalue weighted by Gasteiger charge is 2.34. The highest BCUT2D eigenvalue weighted by molar-refractivity contribution is 5.91. The van der Waals surface area contributed by atoms with Gasteiger partial charge in [0.1, 0.15) is 11.2 Å². The lowest BCUT2D eigenvalue weighted by Gasteiger charge is -2.26. The lowest BCUT2D eigenvalue weighted by Crippen LogP contribution is -2.44. The van der Waals surface area contributed by atoms with Gasteiger partial charge in [-0.25, -0.2) is 15.8 Å². The molecule has 1 aromatic carbocycles. The molecule has 160 valence electrons. The fourth-order valence-electron chi connectivity index (χ4n) is 4.29. The van der Waals surface area contributed by atoms with Crippen LogP contribution < -0.4 is 26.7 Å². The standard InChI is InChI=1S/C20H25FN6O3/c1-23-7-9-24(2)13-6-8-25(11-13)17-15(21)10-14-16(18(17)30-3)26(12-4-5-12)20(29)27(22)19(14)28/h10,12-13H,4-9,11,22H2,2-3H3. The number of likely N-dealkylation sites (N-methyl/N-ethyl adjacent to an activating group) is 1. The van der Waals surface area contributed by atoms with E-state index in [9.17, 15) is 9.59 Å². The van der Waals surface area contributed by atoms with Gasteiger partial charge in [0.15, 0.2) is 11.6 Å². The Hall–Kier alpha value is -3.06. The second-order valence-electron chi connectivity index (χ2n) is 7.95.